The quantitative estimate of drug-likeness (QED) is 0.712. The maximum Gasteiger partial charge on any atom is 0.222 e. The molecule has 2 aliphatic rings. The molecule has 0 bridgehead atoms. The first-order valence-corrected chi connectivity index (χ1v) is 9.45. The van der Waals surface area contributed by atoms with Gasteiger partial charge in [-0.1, -0.05) is 0 Å². The molecule has 2 atom stereocenters. The number of amides is 1. The molecule has 2 saturated heterocycles. The van der Waals surface area contributed by atoms with Crippen LogP contribution >= 0.6 is 0 Å². The topological polar surface area (TPSA) is 42.0 Å². The van der Waals surface area contributed by atoms with Gasteiger partial charge >= 0.3 is 0 Å². The fourth-order valence-electron chi connectivity index (χ4n) is 4.15. The minimum Gasteiger partial charge on any atom is -0.497 e. The summed E-state index contributed by atoms with van der Waals surface area (Å²) in [6, 6.07) is 8.53. The van der Waals surface area contributed by atoms with Crippen LogP contribution in [0.5, 0.6) is 11.5 Å². The van der Waals surface area contributed by atoms with Crippen molar-refractivity contribution in [2.45, 2.75) is 50.6 Å². The highest BCUT2D eigenvalue weighted by molar-refractivity contribution is 5.76. The van der Waals surface area contributed by atoms with Crippen LogP contribution in [-0.2, 0) is 4.79 Å². The summed E-state index contributed by atoms with van der Waals surface area (Å²) in [6.07, 6.45) is 6.12. The van der Waals surface area contributed by atoms with Crippen molar-refractivity contribution in [1.29, 1.82) is 0 Å². The van der Waals surface area contributed by atoms with Crippen molar-refractivity contribution in [2.75, 3.05) is 33.9 Å². The van der Waals surface area contributed by atoms with Crippen molar-refractivity contribution < 1.29 is 14.3 Å². The number of hydrogen-bond acceptors (Lipinski definition) is 4. The molecule has 1 amide bonds. The molecule has 2 heterocycles. The van der Waals surface area contributed by atoms with E-state index in [1.807, 2.05) is 24.3 Å². The van der Waals surface area contributed by atoms with E-state index in [1.165, 1.54) is 19.4 Å². The van der Waals surface area contributed by atoms with Gasteiger partial charge in [0.05, 0.1) is 13.7 Å². The van der Waals surface area contributed by atoms with E-state index < -0.39 is 0 Å². The maximum absolute atomic E-state index is 12.6. The predicted octanol–water partition coefficient (Wildman–Crippen LogP) is 2.94. The van der Waals surface area contributed by atoms with Crippen LogP contribution in [0.2, 0.25) is 0 Å². The zero-order chi connectivity index (χ0) is 17.6. The highest BCUT2D eigenvalue weighted by atomic mass is 16.5. The molecule has 0 radical (unpaired) electrons. The van der Waals surface area contributed by atoms with E-state index in [4.69, 9.17) is 9.47 Å². The normalized spacial score (nSPS) is 23.8. The molecule has 0 aromatic heterocycles. The van der Waals surface area contributed by atoms with E-state index in [1.54, 1.807) is 7.11 Å². The van der Waals surface area contributed by atoms with E-state index in [-0.39, 0.29) is 0 Å². The predicted molar refractivity (Wildman–Crippen MR) is 98.1 cm³/mol. The van der Waals surface area contributed by atoms with Crippen molar-refractivity contribution in [1.82, 2.24) is 9.80 Å². The smallest absolute Gasteiger partial charge is 0.222 e. The molecule has 2 aliphatic heterocycles. The second-order valence-electron chi connectivity index (χ2n) is 7.11. The Labute approximate surface area is 150 Å². The fraction of sp³-hybridized carbons (Fsp3) is 0.650. The minimum atomic E-state index is 0.293. The Morgan fingerprint density at radius 2 is 1.76 bits per heavy atom. The van der Waals surface area contributed by atoms with Crippen LogP contribution in [0.1, 0.15) is 38.5 Å². The van der Waals surface area contributed by atoms with E-state index in [9.17, 15) is 4.79 Å². The van der Waals surface area contributed by atoms with Gasteiger partial charge in [0.15, 0.2) is 0 Å². The summed E-state index contributed by atoms with van der Waals surface area (Å²) >= 11 is 0. The van der Waals surface area contributed by atoms with E-state index >= 15 is 0 Å². The van der Waals surface area contributed by atoms with Crippen molar-refractivity contribution in [3.8, 4) is 11.5 Å². The van der Waals surface area contributed by atoms with Gasteiger partial charge in [-0.25, -0.2) is 0 Å². The Morgan fingerprint density at radius 3 is 2.44 bits per heavy atom. The Hall–Kier alpha value is -1.75. The molecule has 1 aromatic rings. The van der Waals surface area contributed by atoms with Gasteiger partial charge in [-0.15, -0.1) is 0 Å². The first kappa shape index (κ1) is 18.1. The van der Waals surface area contributed by atoms with Crippen LogP contribution in [0.3, 0.4) is 0 Å². The summed E-state index contributed by atoms with van der Waals surface area (Å²) < 4.78 is 10.9. The summed E-state index contributed by atoms with van der Waals surface area (Å²) in [4.78, 5) is 17.2. The van der Waals surface area contributed by atoms with Gasteiger partial charge in [0.25, 0.3) is 0 Å². The van der Waals surface area contributed by atoms with Crippen LogP contribution in [0.25, 0.3) is 0 Å². The number of likely N-dealkylation sites (tertiary alicyclic amines) is 2. The SMILES string of the molecule is COc1ccc(OCCCC(=O)N2CCC[C@H]2[C@H]2CCCN2C)cc1. The molecular formula is C20H30N2O3. The summed E-state index contributed by atoms with van der Waals surface area (Å²) in [5, 5.41) is 0. The monoisotopic (exact) mass is 346 g/mol. The number of carbonyl (C=O) groups is 1. The molecule has 25 heavy (non-hydrogen) atoms. The van der Waals surface area contributed by atoms with Gasteiger partial charge in [0, 0.05) is 25.0 Å². The molecule has 3 rings (SSSR count). The van der Waals surface area contributed by atoms with Gasteiger partial charge in [0.1, 0.15) is 11.5 Å². The lowest BCUT2D eigenvalue weighted by Crippen LogP contribution is -2.47. The van der Waals surface area contributed by atoms with Crippen LogP contribution in [0.15, 0.2) is 24.3 Å². The molecule has 1 aromatic carbocycles. The lowest BCUT2D eigenvalue weighted by Gasteiger charge is -2.33. The van der Waals surface area contributed by atoms with Crippen LogP contribution < -0.4 is 9.47 Å². The molecular weight excluding hydrogens is 316 g/mol. The van der Waals surface area contributed by atoms with Crippen LogP contribution in [0, 0.1) is 0 Å². The van der Waals surface area contributed by atoms with Crippen molar-refractivity contribution in [3.63, 3.8) is 0 Å². The molecule has 5 nitrogen and oxygen atoms in total. The number of hydrogen-bond donors (Lipinski definition) is 0. The van der Waals surface area contributed by atoms with Gasteiger partial charge in [-0.05, 0) is 70.0 Å². The molecule has 0 saturated carbocycles. The van der Waals surface area contributed by atoms with Crippen molar-refractivity contribution in [2.24, 2.45) is 0 Å². The standard InChI is InChI=1S/C20H30N2O3/c1-21-13-3-6-18(21)19-7-4-14-22(19)20(23)8-5-15-25-17-11-9-16(24-2)10-12-17/h9-12,18-19H,3-8,13-15H2,1-2H3/t18-,19+/m1/s1. The van der Waals surface area contributed by atoms with Gasteiger partial charge in [-0.2, -0.15) is 0 Å². The largest absolute Gasteiger partial charge is 0.497 e. The lowest BCUT2D eigenvalue weighted by atomic mass is 10.0. The summed E-state index contributed by atoms with van der Waals surface area (Å²) in [5.41, 5.74) is 0. The molecule has 0 unspecified atom stereocenters. The Morgan fingerprint density at radius 1 is 1.08 bits per heavy atom. The number of ether oxygens (including phenoxy) is 2. The second-order valence-corrected chi connectivity index (χ2v) is 7.11. The average molecular weight is 346 g/mol. The first-order chi connectivity index (χ1) is 12.2. The number of rotatable bonds is 7. The Kier molecular flexibility index (Phi) is 6.19. The molecule has 2 fully saturated rings. The molecule has 0 aliphatic carbocycles. The third kappa shape index (κ3) is 4.46. The van der Waals surface area contributed by atoms with Crippen molar-refractivity contribution in [3.05, 3.63) is 24.3 Å². The summed E-state index contributed by atoms with van der Waals surface area (Å²) in [6.45, 7) is 2.66. The molecule has 0 N–H and O–H groups in total. The zero-order valence-electron chi connectivity index (χ0n) is 15.4. The second kappa shape index (κ2) is 8.56. The minimum absolute atomic E-state index is 0.293. The van der Waals surface area contributed by atoms with Crippen LogP contribution in [0.4, 0.5) is 0 Å². The van der Waals surface area contributed by atoms with Gasteiger partial charge in [0.2, 0.25) is 5.91 Å². The highest BCUT2D eigenvalue weighted by Crippen LogP contribution is 2.29. The molecule has 0 spiro atoms. The van der Waals surface area contributed by atoms with Gasteiger partial charge < -0.3 is 19.3 Å². The molecule has 138 valence electrons. The number of likely N-dealkylation sites (N-methyl/N-ethyl adjacent to an activating group) is 1. The molecule has 5 heteroatoms. The van der Waals surface area contributed by atoms with E-state index in [0.717, 1.165) is 37.3 Å². The Balaban J connectivity index is 1.42. The summed E-state index contributed by atoms with van der Waals surface area (Å²) in [5.74, 6) is 1.93. The first-order valence-electron chi connectivity index (χ1n) is 9.45. The lowest BCUT2D eigenvalue weighted by molar-refractivity contribution is -0.133. The Bertz CT molecular complexity index is 561. The number of methoxy groups -OCH3 is 1. The van der Waals surface area contributed by atoms with E-state index in [2.05, 4.69) is 16.8 Å². The van der Waals surface area contributed by atoms with E-state index in [0.29, 0.717) is 31.0 Å². The number of nitrogens with zero attached hydrogens (tertiary/aromatic N) is 2. The van der Waals surface area contributed by atoms with Gasteiger partial charge in [-0.3, -0.25) is 4.79 Å². The zero-order valence-corrected chi connectivity index (χ0v) is 15.4. The maximum atomic E-state index is 12.6. The summed E-state index contributed by atoms with van der Waals surface area (Å²) in [7, 11) is 3.85. The fourth-order valence-corrected chi connectivity index (χ4v) is 4.15. The van der Waals surface area contributed by atoms with Crippen molar-refractivity contribution >= 4 is 5.91 Å². The third-order valence-electron chi connectivity index (χ3n) is 5.50. The third-order valence-corrected chi connectivity index (χ3v) is 5.50. The average Bonchev–Trinajstić information content (AvgIpc) is 3.27. The number of benzene rings is 1. The van der Waals surface area contributed by atoms with Crippen LogP contribution in [-0.4, -0.2) is 61.6 Å². The highest BCUT2D eigenvalue weighted by Gasteiger charge is 2.37. The number of carbonyl (C=O) groups excluding carboxylic acids is 1.